The first-order valence-electron chi connectivity index (χ1n) is 3.34. The molecule has 0 unspecified atom stereocenters. The summed E-state index contributed by atoms with van der Waals surface area (Å²) < 4.78 is 5.73. The van der Waals surface area contributed by atoms with Crippen molar-refractivity contribution < 1.29 is 14.3 Å². The van der Waals surface area contributed by atoms with Gasteiger partial charge in [-0.25, -0.2) is 0 Å². The first-order chi connectivity index (χ1) is 5.61. The van der Waals surface area contributed by atoms with Crippen LogP contribution >= 0.6 is 21.8 Å². The highest BCUT2D eigenvalue weighted by molar-refractivity contribution is 8.19. The lowest BCUT2D eigenvalue weighted by Gasteiger charge is -2.13. The molecule has 0 atom stereocenters. The molecule has 0 fully saturated rings. The summed E-state index contributed by atoms with van der Waals surface area (Å²) in [6.07, 6.45) is 0. The Morgan fingerprint density at radius 2 is 2.17 bits per heavy atom. The Morgan fingerprint density at radius 3 is 2.50 bits per heavy atom. The predicted octanol–water partition coefficient (Wildman–Crippen LogP) is 1.20. The van der Waals surface area contributed by atoms with Crippen LogP contribution in [-0.4, -0.2) is 29.3 Å². The van der Waals surface area contributed by atoms with E-state index in [-0.39, 0.29) is 12.5 Å². The highest BCUT2D eigenvalue weighted by Gasteiger charge is 2.13. The van der Waals surface area contributed by atoms with Gasteiger partial charge in [0.25, 0.3) is 0 Å². The Hall–Kier alpha value is -0.420. The molecule has 0 saturated heterocycles. The third-order valence-corrected chi connectivity index (χ3v) is 2.07. The largest absolute Gasteiger partial charge is 0.465 e. The topological polar surface area (TPSA) is 46.6 Å². The average molecular weight is 212 g/mol. The molecule has 0 aromatic carbocycles. The molecule has 6 heteroatoms. The Bertz CT molecular complexity index is 176. The normalized spacial score (nSPS) is 9.25. The van der Waals surface area contributed by atoms with Gasteiger partial charge in [0, 0.05) is 6.92 Å². The Kier molecular flexibility index (Phi) is 5.92. The molecule has 0 N–H and O–H groups in total. The number of hydrogen-bond donors (Lipinski definition) is 0. The van der Waals surface area contributed by atoms with Gasteiger partial charge in [-0.15, -0.1) is 0 Å². The van der Waals surface area contributed by atoms with Crippen LogP contribution in [0, 0.1) is 0 Å². The zero-order valence-corrected chi connectivity index (χ0v) is 8.44. The van der Waals surface area contributed by atoms with Crippen molar-refractivity contribution in [3.63, 3.8) is 0 Å². The fraction of sp³-hybridized carbons (Fsp3) is 0.667. The van der Waals surface area contributed by atoms with Gasteiger partial charge in [-0.2, -0.15) is 0 Å². The van der Waals surface area contributed by atoms with Crippen LogP contribution in [0.15, 0.2) is 0 Å². The number of halogens is 1. The lowest BCUT2D eigenvalue weighted by Crippen LogP contribution is -2.28. The molecule has 0 spiro atoms. The fourth-order valence-corrected chi connectivity index (χ4v) is 1.20. The molecule has 1 amide bonds. The van der Waals surface area contributed by atoms with Gasteiger partial charge < -0.3 is 4.74 Å². The Balaban J connectivity index is 3.85. The van der Waals surface area contributed by atoms with Crippen molar-refractivity contribution in [3.05, 3.63) is 0 Å². The van der Waals surface area contributed by atoms with Crippen LogP contribution in [0.5, 0.6) is 0 Å². The zero-order valence-electron chi connectivity index (χ0n) is 6.87. The van der Waals surface area contributed by atoms with Gasteiger partial charge in [-0.1, -0.05) is 0 Å². The van der Waals surface area contributed by atoms with E-state index in [4.69, 9.17) is 10.7 Å². The van der Waals surface area contributed by atoms with E-state index in [0.717, 1.165) is 4.31 Å². The number of ether oxygens (including phenoxy) is 1. The molecule has 0 aliphatic carbocycles. The number of esters is 1. The molecule has 0 aliphatic heterocycles. The molecule has 0 aromatic heterocycles. The van der Waals surface area contributed by atoms with Crippen LogP contribution in [0.4, 0.5) is 0 Å². The molecule has 0 heterocycles. The lowest BCUT2D eigenvalue weighted by molar-refractivity contribution is -0.145. The quantitative estimate of drug-likeness (QED) is 0.518. The second-order valence-corrected chi connectivity index (χ2v) is 2.92. The summed E-state index contributed by atoms with van der Waals surface area (Å²) in [5.41, 5.74) is 0. The smallest absolute Gasteiger partial charge is 0.326 e. The van der Waals surface area contributed by atoms with Crippen molar-refractivity contribution in [2.75, 3.05) is 13.2 Å². The first kappa shape index (κ1) is 11.6. The van der Waals surface area contributed by atoms with Crippen molar-refractivity contribution in [2.45, 2.75) is 13.8 Å². The predicted molar refractivity (Wildman–Crippen MR) is 47.5 cm³/mol. The van der Waals surface area contributed by atoms with Crippen LogP contribution in [0.25, 0.3) is 0 Å². The van der Waals surface area contributed by atoms with E-state index in [1.807, 2.05) is 0 Å². The van der Waals surface area contributed by atoms with Crippen molar-refractivity contribution in [1.29, 1.82) is 0 Å². The minimum Gasteiger partial charge on any atom is -0.465 e. The van der Waals surface area contributed by atoms with Crippen molar-refractivity contribution in [2.24, 2.45) is 0 Å². The van der Waals surface area contributed by atoms with Crippen LogP contribution in [0.2, 0.25) is 0 Å². The molecule has 0 saturated carbocycles. The summed E-state index contributed by atoms with van der Waals surface area (Å²) in [6, 6.07) is 0. The summed E-state index contributed by atoms with van der Waals surface area (Å²) >= 11 is 0.687. The third kappa shape index (κ3) is 4.46. The molecule has 70 valence electrons. The lowest BCUT2D eigenvalue weighted by atomic mass is 10.6. The van der Waals surface area contributed by atoms with Gasteiger partial charge in [-0.3, -0.25) is 13.9 Å². The summed E-state index contributed by atoms with van der Waals surface area (Å²) in [5.74, 6) is -0.732. The highest BCUT2D eigenvalue weighted by atomic mass is 35.7. The second kappa shape index (κ2) is 6.14. The van der Waals surface area contributed by atoms with Crippen LogP contribution in [0.1, 0.15) is 13.8 Å². The molecule has 0 aromatic rings. The van der Waals surface area contributed by atoms with E-state index in [1.54, 1.807) is 6.92 Å². The molecule has 0 bridgehead atoms. The number of amides is 1. The number of carbonyl (C=O) groups excluding carboxylic acids is 2. The van der Waals surface area contributed by atoms with E-state index >= 15 is 0 Å². The minimum atomic E-state index is -0.458. The van der Waals surface area contributed by atoms with Crippen molar-refractivity contribution in [1.82, 2.24) is 4.31 Å². The molecular formula is C6H10ClNO3S. The summed E-state index contributed by atoms with van der Waals surface area (Å²) in [4.78, 5) is 21.6. The molecule has 4 nitrogen and oxygen atoms in total. The maximum Gasteiger partial charge on any atom is 0.326 e. The summed E-state index contributed by atoms with van der Waals surface area (Å²) in [5, 5.41) is 0. The average Bonchev–Trinajstić information content (AvgIpc) is 2.00. The van der Waals surface area contributed by atoms with E-state index in [1.165, 1.54) is 6.92 Å². The molecule has 0 radical (unpaired) electrons. The van der Waals surface area contributed by atoms with Gasteiger partial charge in [0.05, 0.1) is 17.8 Å². The van der Waals surface area contributed by atoms with Gasteiger partial charge in [0.1, 0.15) is 6.54 Å². The van der Waals surface area contributed by atoms with Gasteiger partial charge in [-0.05, 0) is 17.6 Å². The van der Waals surface area contributed by atoms with Gasteiger partial charge in [0.2, 0.25) is 5.91 Å². The molecular weight excluding hydrogens is 202 g/mol. The van der Waals surface area contributed by atoms with E-state index in [9.17, 15) is 9.59 Å². The summed E-state index contributed by atoms with van der Waals surface area (Å²) in [7, 11) is 5.32. The third-order valence-electron chi connectivity index (χ3n) is 1.01. The highest BCUT2D eigenvalue weighted by Crippen LogP contribution is 2.13. The second-order valence-electron chi connectivity index (χ2n) is 1.93. The maximum absolute atomic E-state index is 10.8. The Labute approximate surface area is 79.8 Å². The number of nitrogens with zero attached hydrogens (tertiary/aromatic N) is 1. The molecule has 0 aliphatic rings. The molecule has 12 heavy (non-hydrogen) atoms. The standard InChI is InChI=1S/C6H10ClNO3S/c1-3-11-6(10)4-8(12-7)5(2)9/h3-4H2,1-2H3. The number of carbonyl (C=O) groups is 2. The summed E-state index contributed by atoms with van der Waals surface area (Å²) in [6.45, 7) is 3.22. The number of rotatable bonds is 4. The van der Waals surface area contributed by atoms with E-state index in [2.05, 4.69) is 4.74 Å². The molecule has 0 rings (SSSR count). The Morgan fingerprint density at radius 1 is 1.58 bits per heavy atom. The first-order valence-corrected chi connectivity index (χ1v) is 4.94. The van der Waals surface area contributed by atoms with Crippen LogP contribution < -0.4 is 0 Å². The van der Waals surface area contributed by atoms with Crippen molar-refractivity contribution in [3.8, 4) is 0 Å². The van der Waals surface area contributed by atoms with Crippen LogP contribution in [0.3, 0.4) is 0 Å². The van der Waals surface area contributed by atoms with Gasteiger partial charge >= 0.3 is 5.97 Å². The minimum absolute atomic E-state index is 0.114. The van der Waals surface area contributed by atoms with E-state index in [0.29, 0.717) is 17.8 Å². The SMILES string of the molecule is CCOC(=O)CN(SCl)C(C)=O. The fourth-order valence-electron chi connectivity index (χ4n) is 0.508. The number of hydrogen-bond acceptors (Lipinski definition) is 4. The monoisotopic (exact) mass is 211 g/mol. The van der Waals surface area contributed by atoms with Crippen LogP contribution in [-0.2, 0) is 14.3 Å². The van der Waals surface area contributed by atoms with E-state index < -0.39 is 5.97 Å². The van der Waals surface area contributed by atoms with Crippen molar-refractivity contribution >= 4 is 33.7 Å². The van der Waals surface area contributed by atoms with Gasteiger partial charge in [0.15, 0.2) is 0 Å². The maximum atomic E-state index is 10.8. The zero-order chi connectivity index (χ0) is 9.56.